The summed E-state index contributed by atoms with van der Waals surface area (Å²) in [5, 5.41) is 5.30. The normalized spacial score (nSPS) is 24.7. The monoisotopic (exact) mass is 478 g/mol. The van der Waals surface area contributed by atoms with E-state index in [0.717, 1.165) is 56.8 Å². The van der Waals surface area contributed by atoms with Crippen molar-refractivity contribution >= 4 is 10.9 Å². The van der Waals surface area contributed by atoms with E-state index in [4.69, 9.17) is 9.72 Å². The average molecular weight is 479 g/mol. The van der Waals surface area contributed by atoms with Crippen LogP contribution < -0.4 is 10.1 Å². The van der Waals surface area contributed by atoms with Crippen LogP contribution in [0.15, 0.2) is 42.6 Å². The highest BCUT2D eigenvalue weighted by molar-refractivity contribution is 5.85. The first-order chi connectivity index (χ1) is 17.1. The van der Waals surface area contributed by atoms with Crippen LogP contribution in [0.25, 0.3) is 10.9 Å². The number of alkyl halides is 1. The number of nitrogens with zero attached hydrogens (tertiary/aromatic N) is 2. The van der Waals surface area contributed by atoms with Crippen LogP contribution in [0.4, 0.5) is 4.39 Å². The van der Waals surface area contributed by atoms with Crippen molar-refractivity contribution in [3.8, 4) is 5.75 Å². The summed E-state index contributed by atoms with van der Waals surface area (Å²) in [6.07, 6.45) is 9.17. The number of rotatable bonds is 10. The number of para-hydroxylation sites is 1. The van der Waals surface area contributed by atoms with Crippen LogP contribution in [-0.2, 0) is 12.0 Å². The molecule has 0 amide bonds. The second-order valence-electron chi connectivity index (χ2n) is 10.4. The van der Waals surface area contributed by atoms with E-state index in [9.17, 15) is 4.39 Å². The van der Waals surface area contributed by atoms with Crippen LogP contribution in [0.2, 0.25) is 0 Å². The van der Waals surface area contributed by atoms with Crippen LogP contribution in [0.1, 0.15) is 69.3 Å². The Morgan fingerprint density at radius 2 is 2.06 bits per heavy atom. The van der Waals surface area contributed by atoms with Crippen molar-refractivity contribution in [1.29, 1.82) is 0 Å². The molecular formula is C29H39FN4O. The van der Waals surface area contributed by atoms with E-state index in [1.165, 1.54) is 35.0 Å². The molecule has 1 fully saturated rings. The van der Waals surface area contributed by atoms with Gasteiger partial charge >= 0.3 is 0 Å². The van der Waals surface area contributed by atoms with Gasteiger partial charge in [-0.1, -0.05) is 44.4 Å². The first-order valence-corrected chi connectivity index (χ1v) is 13.4. The smallest absolute Gasteiger partial charge is 0.138 e. The third-order valence-electron chi connectivity index (χ3n) is 7.71. The number of nitrogens with one attached hydrogen (secondary N) is 2. The molecule has 2 unspecified atom stereocenters. The van der Waals surface area contributed by atoms with Gasteiger partial charge in [0.05, 0.1) is 18.6 Å². The van der Waals surface area contributed by atoms with Gasteiger partial charge in [-0.15, -0.1) is 0 Å². The molecule has 2 N–H and O–H groups in total. The van der Waals surface area contributed by atoms with E-state index in [0.29, 0.717) is 12.5 Å². The number of pyridine rings is 1. The summed E-state index contributed by atoms with van der Waals surface area (Å²) in [7, 11) is 0. The molecule has 1 aromatic carbocycles. The Bertz CT molecular complexity index is 1110. The van der Waals surface area contributed by atoms with Gasteiger partial charge in [-0.05, 0) is 56.4 Å². The van der Waals surface area contributed by atoms with Gasteiger partial charge in [0.15, 0.2) is 0 Å². The first-order valence-electron chi connectivity index (χ1n) is 13.4. The zero-order valence-corrected chi connectivity index (χ0v) is 21.2. The fourth-order valence-electron chi connectivity index (χ4n) is 6.07. The minimum Gasteiger partial charge on any atom is -0.487 e. The first kappa shape index (κ1) is 24.3. The second kappa shape index (κ2) is 10.7. The van der Waals surface area contributed by atoms with Crippen molar-refractivity contribution in [2.45, 2.75) is 76.5 Å². The number of aromatic nitrogens is 2. The third-order valence-corrected chi connectivity index (χ3v) is 7.71. The molecule has 2 aliphatic rings. The fourth-order valence-corrected chi connectivity index (χ4v) is 6.07. The van der Waals surface area contributed by atoms with E-state index in [-0.39, 0.29) is 18.3 Å². The number of likely N-dealkylation sites (tertiary alicyclic amines) is 1. The number of hydrogen-bond acceptors (Lipinski definition) is 4. The average Bonchev–Trinajstić information content (AvgIpc) is 3.48. The summed E-state index contributed by atoms with van der Waals surface area (Å²) in [5.41, 5.74) is 4.61. The van der Waals surface area contributed by atoms with Gasteiger partial charge in [-0.2, -0.15) is 0 Å². The summed E-state index contributed by atoms with van der Waals surface area (Å²) in [4.78, 5) is 11.1. The largest absolute Gasteiger partial charge is 0.487 e. The highest BCUT2D eigenvalue weighted by atomic mass is 19.1. The van der Waals surface area contributed by atoms with Crippen LogP contribution in [0, 0.1) is 0 Å². The lowest BCUT2D eigenvalue weighted by molar-refractivity contribution is 0.197. The number of benzene rings is 1. The van der Waals surface area contributed by atoms with Gasteiger partial charge in [-0.25, -0.2) is 0 Å². The SMILES string of the molecule is CCCCCC1(c2ccc(O[C@@H]3CCN(CCCF)C3)cn2)NC(C)Cc2c1[nH]c1ccccc21. The minimum absolute atomic E-state index is 0.147. The van der Waals surface area contributed by atoms with E-state index >= 15 is 0 Å². The predicted octanol–water partition coefficient (Wildman–Crippen LogP) is 5.73. The van der Waals surface area contributed by atoms with Crippen molar-refractivity contribution in [2.75, 3.05) is 26.3 Å². The maximum atomic E-state index is 12.5. The van der Waals surface area contributed by atoms with Crippen molar-refractivity contribution in [3.63, 3.8) is 0 Å². The molecule has 0 saturated carbocycles. The summed E-state index contributed by atoms with van der Waals surface area (Å²) in [6.45, 7) is 6.93. The number of fused-ring (bicyclic) bond motifs is 3. The van der Waals surface area contributed by atoms with Crippen molar-refractivity contribution in [3.05, 3.63) is 59.5 Å². The van der Waals surface area contributed by atoms with Crippen LogP contribution in [0.3, 0.4) is 0 Å². The molecule has 0 radical (unpaired) electrons. The number of aromatic amines is 1. The lowest BCUT2D eigenvalue weighted by atomic mass is 9.78. The van der Waals surface area contributed by atoms with Gasteiger partial charge in [-0.3, -0.25) is 19.6 Å². The Labute approximate surface area is 208 Å². The van der Waals surface area contributed by atoms with Gasteiger partial charge in [0, 0.05) is 42.3 Å². The number of hydrogen-bond donors (Lipinski definition) is 2. The highest BCUT2D eigenvalue weighted by Crippen LogP contribution is 2.42. The Morgan fingerprint density at radius 1 is 1.17 bits per heavy atom. The third kappa shape index (κ3) is 4.96. The zero-order valence-electron chi connectivity index (χ0n) is 21.2. The fraction of sp³-hybridized carbons (Fsp3) is 0.552. The molecule has 5 nitrogen and oxygen atoms in total. The predicted molar refractivity (Wildman–Crippen MR) is 140 cm³/mol. The summed E-state index contributed by atoms with van der Waals surface area (Å²) in [5.74, 6) is 0.815. The highest BCUT2D eigenvalue weighted by Gasteiger charge is 2.43. The Kier molecular flexibility index (Phi) is 7.40. The lowest BCUT2D eigenvalue weighted by Gasteiger charge is -2.41. The molecule has 2 aliphatic heterocycles. The Hall–Kier alpha value is -2.44. The van der Waals surface area contributed by atoms with E-state index in [2.05, 4.69) is 65.4 Å². The molecule has 188 valence electrons. The topological polar surface area (TPSA) is 53.2 Å². The molecule has 6 heteroatoms. The number of ether oxygens (including phenoxy) is 1. The molecular weight excluding hydrogens is 439 g/mol. The molecule has 2 aromatic heterocycles. The maximum Gasteiger partial charge on any atom is 0.138 e. The number of unbranched alkanes of at least 4 members (excludes halogenated alkanes) is 2. The molecule has 0 aliphatic carbocycles. The van der Waals surface area contributed by atoms with Crippen LogP contribution in [-0.4, -0.2) is 53.3 Å². The Balaban J connectivity index is 1.42. The molecule has 0 spiro atoms. The number of halogens is 1. The molecule has 3 aromatic rings. The van der Waals surface area contributed by atoms with E-state index in [1.807, 2.05) is 6.20 Å². The van der Waals surface area contributed by atoms with Crippen molar-refractivity contribution < 1.29 is 9.13 Å². The number of H-pyrrole nitrogens is 1. The minimum atomic E-state index is -0.337. The molecule has 3 atom stereocenters. The van der Waals surface area contributed by atoms with Crippen molar-refractivity contribution in [1.82, 2.24) is 20.2 Å². The zero-order chi connectivity index (χ0) is 24.3. The lowest BCUT2D eigenvalue weighted by Crippen LogP contribution is -2.53. The Morgan fingerprint density at radius 3 is 2.86 bits per heavy atom. The summed E-state index contributed by atoms with van der Waals surface area (Å²) >= 11 is 0. The second-order valence-corrected chi connectivity index (χ2v) is 10.4. The summed E-state index contributed by atoms with van der Waals surface area (Å²) < 4.78 is 18.8. The standard InChI is InChI=1S/C29H39FN4O/c1-3-4-7-14-29(28-25(18-21(2)33-29)24-9-5-6-10-26(24)32-28)27-12-11-22(19-31-27)35-23-13-17-34(20-23)16-8-15-30/h5-6,9-12,19,21,23,32-33H,3-4,7-8,13-18,20H2,1-2H3/t21?,23-,29?/m1/s1. The molecule has 35 heavy (non-hydrogen) atoms. The molecule has 0 bridgehead atoms. The van der Waals surface area contributed by atoms with Gasteiger partial charge < -0.3 is 9.72 Å². The van der Waals surface area contributed by atoms with Gasteiger partial charge in [0.2, 0.25) is 0 Å². The summed E-state index contributed by atoms with van der Waals surface area (Å²) in [6, 6.07) is 13.2. The molecule has 1 saturated heterocycles. The molecule has 5 rings (SSSR count). The van der Waals surface area contributed by atoms with Crippen LogP contribution in [0.5, 0.6) is 5.75 Å². The van der Waals surface area contributed by atoms with Crippen molar-refractivity contribution in [2.24, 2.45) is 0 Å². The van der Waals surface area contributed by atoms with E-state index in [1.54, 1.807) is 0 Å². The van der Waals surface area contributed by atoms with Crippen LogP contribution >= 0.6 is 0 Å². The van der Waals surface area contributed by atoms with E-state index < -0.39 is 0 Å². The molecule has 4 heterocycles. The van der Waals surface area contributed by atoms with Gasteiger partial charge in [0.1, 0.15) is 17.4 Å². The maximum absolute atomic E-state index is 12.5. The van der Waals surface area contributed by atoms with Gasteiger partial charge in [0.25, 0.3) is 0 Å². The quantitative estimate of drug-likeness (QED) is 0.365.